The standard InChI is InChI=1S/C17H15F3/c1-3-12-8-9-14(10-15(12)18)17(20)16(19)13-6-4-11(2)5-7-13/h4-10H,3H2,1-2H3/b17-16+. The molecule has 0 N–H and O–H groups in total. The average molecular weight is 276 g/mol. The fourth-order valence-electron chi connectivity index (χ4n) is 1.92. The molecular formula is C17H15F3. The number of hydrogen-bond acceptors (Lipinski definition) is 0. The quantitative estimate of drug-likeness (QED) is 0.653. The first-order valence-electron chi connectivity index (χ1n) is 6.44. The van der Waals surface area contributed by atoms with Crippen LogP contribution >= 0.6 is 0 Å². The molecule has 0 fully saturated rings. The van der Waals surface area contributed by atoms with Crippen LogP contribution in [0.1, 0.15) is 29.2 Å². The lowest BCUT2D eigenvalue weighted by Gasteiger charge is -2.05. The highest BCUT2D eigenvalue weighted by Crippen LogP contribution is 2.29. The van der Waals surface area contributed by atoms with E-state index in [-0.39, 0.29) is 11.1 Å². The molecule has 0 radical (unpaired) electrons. The van der Waals surface area contributed by atoms with Gasteiger partial charge in [0, 0.05) is 11.1 Å². The largest absolute Gasteiger partial charge is 0.207 e. The van der Waals surface area contributed by atoms with E-state index in [0.717, 1.165) is 11.6 Å². The number of aryl methyl sites for hydroxylation is 2. The Bertz CT molecular complexity index is 640. The first-order valence-corrected chi connectivity index (χ1v) is 6.44. The molecule has 3 heteroatoms. The van der Waals surface area contributed by atoms with Crippen molar-refractivity contribution in [2.75, 3.05) is 0 Å². The lowest BCUT2D eigenvalue weighted by atomic mass is 10.1. The number of rotatable bonds is 3. The second kappa shape index (κ2) is 5.95. The molecule has 0 spiro atoms. The van der Waals surface area contributed by atoms with Crippen LogP contribution in [0.5, 0.6) is 0 Å². The van der Waals surface area contributed by atoms with Crippen molar-refractivity contribution in [1.29, 1.82) is 0 Å². The lowest BCUT2D eigenvalue weighted by Crippen LogP contribution is -1.91. The van der Waals surface area contributed by atoms with Crippen LogP contribution in [0.3, 0.4) is 0 Å². The Morgan fingerprint density at radius 3 is 2.00 bits per heavy atom. The highest BCUT2D eigenvalue weighted by atomic mass is 19.2. The van der Waals surface area contributed by atoms with E-state index >= 15 is 0 Å². The number of halogens is 3. The van der Waals surface area contributed by atoms with Crippen molar-refractivity contribution in [3.8, 4) is 0 Å². The highest BCUT2D eigenvalue weighted by molar-refractivity contribution is 5.83. The Labute approximate surface area is 116 Å². The van der Waals surface area contributed by atoms with E-state index in [1.807, 2.05) is 6.92 Å². The van der Waals surface area contributed by atoms with E-state index < -0.39 is 17.5 Å². The van der Waals surface area contributed by atoms with E-state index in [0.29, 0.717) is 12.0 Å². The highest BCUT2D eigenvalue weighted by Gasteiger charge is 2.13. The van der Waals surface area contributed by atoms with E-state index in [9.17, 15) is 13.2 Å². The zero-order valence-corrected chi connectivity index (χ0v) is 11.4. The molecule has 0 aliphatic heterocycles. The van der Waals surface area contributed by atoms with E-state index in [4.69, 9.17) is 0 Å². The second-order valence-electron chi connectivity index (χ2n) is 4.65. The molecule has 0 unspecified atom stereocenters. The Morgan fingerprint density at radius 2 is 1.45 bits per heavy atom. The van der Waals surface area contributed by atoms with Crippen molar-refractivity contribution in [3.63, 3.8) is 0 Å². The molecule has 0 bridgehead atoms. The van der Waals surface area contributed by atoms with Gasteiger partial charge in [-0.3, -0.25) is 0 Å². The van der Waals surface area contributed by atoms with Gasteiger partial charge < -0.3 is 0 Å². The van der Waals surface area contributed by atoms with E-state index in [2.05, 4.69) is 0 Å². The predicted octanol–water partition coefficient (Wildman–Crippen LogP) is 5.46. The van der Waals surface area contributed by atoms with Gasteiger partial charge >= 0.3 is 0 Å². The zero-order chi connectivity index (χ0) is 14.7. The number of hydrogen-bond donors (Lipinski definition) is 0. The Morgan fingerprint density at radius 1 is 0.900 bits per heavy atom. The second-order valence-corrected chi connectivity index (χ2v) is 4.65. The summed E-state index contributed by atoms with van der Waals surface area (Å²) in [5, 5.41) is 0. The molecule has 2 aromatic carbocycles. The van der Waals surface area contributed by atoms with Gasteiger partial charge in [0.05, 0.1) is 0 Å². The average Bonchev–Trinajstić information content (AvgIpc) is 2.46. The third-order valence-electron chi connectivity index (χ3n) is 3.19. The summed E-state index contributed by atoms with van der Waals surface area (Å²) in [5.41, 5.74) is 1.50. The molecule has 20 heavy (non-hydrogen) atoms. The van der Waals surface area contributed by atoms with Crippen molar-refractivity contribution >= 4 is 11.7 Å². The summed E-state index contributed by atoms with van der Waals surface area (Å²) in [7, 11) is 0. The van der Waals surface area contributed by atoms with Gasteiger partial charge in [0.2, 0.25) is 0 Å². The van der Waals surface area contributed by atoms with Crippen LogP contribution in [0, 0.1) is 12.7 Å². The van der Waals surface area contributed by atoms with Gasteiger partial charge in [0.25, 0.3) is 0 Å². The van der Waals surface area contributed by atoms with Crippen molar-refractivity contribution in [3.05, 3.63) is 70.5 Å². The molecule has 0 aromatic heterocycles. The minimum absolute atomic E-state index is 0.0854. The number of benzene rings is 2. The van der Waals surface area contributed by atoms with Gasteiger partial charge in [-0.1, -0.05) is 48.9 Å². The molecule has 0 saturated carbocycles. The first-order chi connectivity index (χ1) is 9.52. The third kappa shape index (κ3) is 2.93. The summed E-state index contributed by atoms with van der Waals surface area (Å²) >= 11 is 0. The molecule has 2 aromatic rings. The molecule has 104 valence electrons. The zero-order valence-electron chi connectivity index (χ0n) is 11.4. The van der Waals surface area contributed by atoms with Crippen LogP contribution in [0.2, 0.25) is 0 Å². The van der Waals surface area contributed by atoms with Gasteiger partial charge in [-0.05, 0) is 25.0 Å². The van der Waals surface area contributed by atoms with Crippen LogP contribution in [0.4, 0.5) is 13.2 Å². The summed E-state index contributed by atoms with van der Waals surface area (Å²) < 4.78 is 41.7. The minimum atomic E-state index is -1.05. The van der Waals surface area contributed by atoms with Gasteiger partial charge in [0.15, 0.2) is 11.7 Å². The van der Waals surface area contributed by atoms with Crippen LogP contribution in [0.15, 0.2) is 42.5 Å². The molecule has 0 saturated heterocycles. The normalized spacial score (nSPS) is 12.2. The SMILES string of the molecule is CCc1ccc(/C(F)=C(\F)c2ccc(C)cc2)cc1F. The third-order valence-corrected chi connectivity index (χ3v) is 3.19. The molecule has 0 nitrogen and oxygen atoms in total. The van der Waals surface area contributed by atoms with Gasteiger partial charge in [0.1, 0.15) is 5.82 Å². The fourth-order valence-corrected chi connectivity index (χ4v) is 1.92. The van der Waals surface area contributed by atoms with Crippen LogP contribution in [-0.4, -0.2) is 0 Å². The molecule has 0 amide bonds. The first kappa shape index (κ1) is 14.4. The van der Waals surface area contributed by atoms with Crippen molar-refractivity contribution in [1.82, 2.24) is 0 Å². The van der Waals surface area contributed by atoms with Gasteiger partial charge in [-0.25, -0.2) is 13.2 Å². The van der Waals surface area contributed by atoms with Crippen molar-refractivity contribution in [2.45, 2.75) is 20.3 Å². The summed E-state index contributed by atoms with van der Waals surface area (Å²) in [4.78, 5) is 0. The maximum absolute atomic E-state index is 14.1. The van der Waals surface area contributed by atoms with Crippen molar-refractivity contribution in [2.24, 2.45) is 0 Å². The monoisotopic (exact) mass is 276 g/mol. The maximum atomic E-state index is 14.1. The Hall–Kier alpha value is -2.03. The molecule has 2 rings (SSSR count). The van der Waals surface area contributed by atoms with Crippen molar-refractivity contribution < 1.29 is 13.2 Å². The topological polar surface area (TPSA) is 0 Å². The smallest absolute Gasteiger partial charge is 0.166 e. The molecule has 0 aliphatic carbocycles. The molecule has 0 atom stereocenters. The maximum Gasteiger partial charge on any atom is 0.166 e. The van der Waals surface area contributed by atoms with E-state index in [1.165, 1.54) is 24.3 Å². The summed E-state index contributed by atoms with van der Waals surface area (Å²) in [6, 6.07) is 10.3. The summed E-state index contributed by atoms with van der Waals surface area (Å²) in [6.07, 6.45) is 0.512. The van der Waals surface area contributed by atoms with Crippen LogP contribution in [-0.2, 0) is 6.42 Å². The Balaban J connectivity index is 2.42. The van der Waals surface area contributed by atoms with E-state index in [1.54, 1.807) is 19.1 Å². The van der Waals surface area contributed by atoms with Gasteiger partial charge in [-0.2, -0.15) is 0 Å². The molecule has 0 aliphatic rings. The van der Waals surface area contributed by atoms with Gasteiger partial charge in [-0.15, -0.1) is 0 Å². The lowest BCUT2D eigenvalue weighted by molar-refractivity contribution is 0.610. The minimum Gasteiger partial charge on any atom is -0.207 e. The van der Waals surface area contributed by atoms with Crippen LogP contribution < -0.4 is 0 Å². The summed E-state index contributed by atoms with van der Waals surface area (Å²) in [6.45, 7) is 3.66. The summed E-state index contributed by atoms with van der Waals surface area (Å²) in [5.74, 6) is -2.54. The fraction of sp³-hybridized carbons (Fsp3) is 0.176. The molecular weight excluding hydrogens is 261 g/mol. The molecule has 0 heterocycles. The predicted molar refractivity (Wildman–Crippen MR) is 76.0 cm³/mol. The van der Waals surface area contributed by atoms with Crippen LogP contribution in [0.25, 0.3) is 11.7 Å². The Kier molecular flexibility index (Phi) is 4.28.